The van der Waals surface area contributed by atoms with Gasteiger partial charge in [0, 0.05) is 19.4 Å². The lowest BCUT2D eigenvalue weighted by Crippen LogP contribution is -2.48. The first-order chi connectivity index (χ1) is 9.98. The number of nitrogens with zero attached hydrogens (tertiary/aromatic N) is 2. The molecule has 0 saturated carbocycles. The molecule has 0 aromatic carbocycles. The van der Waals surface area contributed by atoms with Crippen LogP contribution in [0.4, 0.5) is 13.6 Å². The number of Topliss-reactive ketones (excluding diaryl/α,β-unsaturated/α-hetero) is 1. The van der Waals surface area contributed by atoms with E-state index in [0.717, 1.165) is 9.80 Å². The highest BCUT2D eigenvalue weighted by Crippen LogP contribution is 2.29. The third-order valence-electron chi connectivity index (χ3n) is 3.54. The van der Waals surface area contributed by atoms with Gasteiger partial charge in [0.05, 0.1) is 13.1 Å². The molecule has 6 nitrogen and oxygen atoms in total. The molecule has 0 aromatic heterocycles. The van der Waals surface area contributed by atoms with Crippen molar-refractivity contribution in [2.75, 3.05) is 19.6 Å². The van der Waals surface area contributed by atoms with Crippen molar-refractivity contribution in [2.45, 2.75) is 51.2 Å². The van der Waals surface area contributed by atoms with Crippen molar-refractivity contribution in [3.8, 4) is 0 Å². The number of likely N-dealkylation sites (tertiary alicyclic amines) is 2. The Balaban J connectivity index is 2.09. The minimum absolute atomic E-state index is 0.0708. The molecule has 1 atom stereocenters. The molecule has 8 heteroatoms. The molecular formula is C14H20F2N2O4. The molecule has 2 rings (SSSR count). The molecule has 0 N–H and O–H groups in total. The van der Waals surface area contributed by atoms with Gasteiger partial charge in [-0.2, -0.15) is 0 Å². The van der Waals surface area contributed by atoms with Gasteiger partial charge in [0.15, 0.2) is 5.78 Å². The number of carbonyl (C=O) groups excluding carboxylic acids is 3. The summed E-state index contributed by atoms with van der Waals surface area (Å²) in [7, 11) is 0. The van der Waals surface area contributed by atoms with Crippen molar-refractivity contribution in [2.24, 2.45) is 0 Å². The monoisotopic (exact) mass is 318 g/mol. The second kappa shape index (κ2) is 5.48. The number of alkyl halides is 2. The molecule has 2 aliphatic heterocycles. The first kappa shape index (κ1) is 16.6. The van der Waals surface area contributed by atoms with Crippen molar-refractivity contribution in [1.82, 2.24) is 9.80 Å². The number of amides is 2. The lowest BCUT2D eigenvalue weighted by Gasteiger charge is -2.29. The van der Waals surface area contributed by atoms with Crippen molar-refractivity contribution < 1.29 is 27.9 Å². The number of hydrogen-bond acceptors (Lipinski definition) is 4. The van der Waals surface area contributed by atoms with E-state index in [1.807, 2.05) is 0 Å². The van der Waals surface area contributed by atoms with Gasteiger partial charge in [0.1, 0.15) is 11.6 Å². The highest BCUT2D eigenvalue weighted by Gasteiger charge is 2.47. The molecule has 2 fully saturated rings. The van der Waals surface area contributed by atoms with Gasteiger partial charge in [-0.1, -0.05) is 0 Å². The number of carbonyl (C=O) groups is 3. The Morgan fingerprint density at radius 1 is 1.32 bits per heavy atom. The van der Waals surface area contributed by atoms with E-state index in [0.29, 0.717) is 0 Å². The minimum Gasteiger partial charge on any atom is -0.444 e. The van der Waals surface area contributed by atoms with E-state index in [1.54, 1.807) is 20.8 Å². The Morgan fingerprint density at radius 3 is 2.45 bits per heavy atom. The smallest absolute Gasteiger partial charge is 0.411 e. The quantitative estimate of drug-likeness (QED) is 0.733. The van der Waals surface area contributed by atoms with E-state index >= 15 is 0 Å². The number of hydrogen-bond donors (Lipinski definition) is 0. The number of ketones is 1. The van der Waals surface area contributed by atoms with Crippen LogP contribution in [0.15, 0.2) is 0 Å². The molecule has 2 heterocycles. The summed E-state index contributed by atoms with van der Waals surface area (Å²) < 4.78 is 31.6. The SMILES string of the molecule is CC(C)(C)OC(=O)N1CC(=O)C[C@H]1C(=O)N1CCC(F)(F)C1. The maximum atomic E-state index is 13.2. The predicted molar refractivity (Wildman–Crippen MR) is 72.5 cm³/mol. The lowest BCUT2D eigenvalue weighted by atomic mass is 10.2. The maximum Gasteiger partial charge on any atom is 0.411 e. The second-order valence-corrected chi connectivity index (χ2v) is 6.73. The summed E-state index contributed by atoms with van der Waals surface area (Å²) in [4.78, 5) is 38.1. The lowest BCUT2D eigenvalue weighted by molar-refractivity contribution is -0.136. The van der Waals surface area contributed by atoms with Gasteiger partial charge >= 0.3 is 6.09 Å². The van der Waals surface area contributed by atoms with Gasteiger partial charge < -0.3 is 9.64 Å². The zero-order chi connectivity index (χ0) is 16.7. The molecule has 0 spiro atoms. The molecule has 0 radical (unpaired) electrons. The molecule has 22 heavy (non-hydrogen) atoms. The summed E-state index contributed by atoms with van der Waals surface area (Å²) in [6, 6.07) is -1.05. The average Bonchev–Trinajstić information content (AvgIpc) is 2.89. The fourth-order valence-electron chi connectivity index (χ4n) is 2.56. The Kier molecular flexibility index (Phi) is 4.14. The van der Waals surface area contributed by atoms with Gasteiger partial charge in [0.2, 0.25) is 5.91 Å². The Labute approximate surface area is 127 Å². The van der Waals surface area contributed by atoms with E-state index in [1.165, 1.54) is 0 Å². The van der Waals surface area contributed by atoms with E-state index in [4.69, 9.17) is 4.74 Å². The summed E-state index contributed by atoms with van der Waals surface area (Å²) in [5.41, 5.74) is -0.767. The molecule has 0 bridgehead atoms. The average molecular weight is 318 g/mol. The fraction of sp³-hybridized carbons (Fsp3) is 0.786. The van der Waals surface area contributed by atoms with Crippen LogP contribution >= 0.6 is 0 Å². The van der Waals surface area contributed by atoms with Crippen LogP contribution in [-0.4, -0.2) is 64.8 Å². The molecule has 2 aliphatic rings. The predicted octanol–water partition coefficient (Wildman–Crippen LogP) is 1.43. The molecular weight excluding hydrogens is 298 g/mol. The Hall–Kier alpha value is -1.73. The highest BCUT2D eigenvalue weighted by molar-refractivity contribution is 5.97. The highest BCUT2D eigenvalue weighted by atomic mass is 19.3. The van der Waals surface area contributed by atoms with Gasteiger partial charge in [-0.15, -0.1) is 0 Å². The topological polar surface area (TPSA) is 66.9 Å². The number of ether oxygens (including phenoxy) is 1. The normalized spacial score (nSPS) is 24.8. The Morgan fingerprint density at radius 2 is 1.95 bits per heavy atom. The summed E-state index contributed by atoms with van der Waals surface area (Å²) in [6.45, 7) is 4.04. The van der Waals surface area contributed by atoms with Crippen LogP contribution < -0.4 is 0 Å². The first-order valence-corrected chi connectivity index (χ1v) is 7.16. The maximum absolute atomic E-state index is 13.2. The van der Waals surface area contributed by atoms with Crippen LogP contribution in [0.1, 0.15) is 33.6 Å². The second-order valence-electron chi connectivity index (χ2n) is 6.73. The number of halogens is 2. The van der Waals surface area contributed by atoms with Crippen molar-refractivity contribution in [3.05, 3.63) is 0 Å². The van der Waals surface area contributed by atoms with Crippen molar-refractivity contribution >= 4 is 17.8 Å². The zero-order valence-corrected chi connectivity index (χ0v) is 12.9. The largest absolute Gasteiger partial charge is 0.444 e. The molecule has 2 saturated heterocycles. The van der Waals surface area contributed by atoms with E-state index in [2.05, 4.69) is 0 Å². The summed E-state index contributed by atoms with van der Waals surface area (Å²) in [5.74, 6) is -3.81. The zero-order valence-electron chi connectivity index (χ0n) is 12.9. The van der Waals surface area contributed by atoms with Gasteiger partial charge in [-0.05, 0) is 20.8 Å². The number of rotatable bonds is 1. The van der Waals surface area contributed by atoms with Crippen LogP contribution in [0.5, 0.6) is 0 Å². The summed E-state index contributed by atoms with van der Waals surface area (Å²) in [6.07, 6.45) is -1.32. The molecule has 2 amide bonds. The fourth-order valence-corrected chi connectivity index (χ4v) is 2.56. The van der Waals surface area contributed by atoms with Crippen LogP contribution in [0.3, 0.4) is 0 Å². The van der Waals surface area contributed by atoms with Crippen LogP contribution in [0, 0.1) is 0 Å². The van der Waals surface area contributed by atoms with E-state index < -0.39 is 42.5 Å². The van der Waals surface area contributed by atoms with Crippen LogP contribution in [-0.2, 0) is 14.3 Å². The van der Waals surface area contributed by atoms with Crippen molar-refractivity contribution in [3.63, 3.8) is 0 Å². The van der Waals surface area contributed by atoms with Gasteiger partial charge in [-0.25, -0.2) is 13.6 Å². The third-order valence-corrected chi connectivity index (χ3v) is 3.54. The van der Waals surface area contributed by atoms with Gasteiger partial charge in [-0.3, -0.25) is 14.5 Å². The summed E-state index contributed by atoms with van der Waals surface area (Å²) >= 11 is 0. The third kappa shape index (κ3) is 3.72. The molecule has 124 valence electrons. The van der Waals surface area contributed by atoms with Crippen LogP contribution in [0.2, 0.25) is 0 Å². The first-order valence-electron chi connectivity index (χ1n) is 7.16. The summed E-state index contributed by atoms with van der Waals surface area (Å²) in [5, 5.41) is 0. The van der Waals surface area contributed by atoms with Crippen molar-refractivity contribution in [1.29, 1.82) is 0 Å². The van der Waals surface area contributed by atoms with Crippen LogP contribution in [0.25, 0.3) is 0 Å². The molecule has 0 aliphatic carbocycles. The minimum atomic E-state index is -2.91. The standard InChI is InChI=1S/C14H20F2N2O4/c1-13(2,3)22-12(21)18-7-9(19)6-10(18)11(20)17-5-4-14(15,16)8-17/h10H,4-8H2,1-3H3/t10-/m0/s1. The Bertz CT molecular complexity index is 502. The molecule has 0 unspecified atom stereocenters. The van der Waals surface area contributed by atoms with Gasteiger partial charge in [0.25, 0.3) is 5.92 Å². The van der Waals surface area contributed by atoms with E-state index in [9.17, 15) is 23.2 Å². The molecule has 0 aromatic rings. The van der Waals surface area contributed by atoms with E-state index in [-0.39, 0.29) is 25.3 Å².